The van der Waals surface area contributed by atoms with Crippen LogP contribution in [-0.4, -0.2) is 67.0 Å². The van der Waals surface area contributed by atoms with Gasteiger partial charge in [0.15, 0.2) is 12.1 Å². The molecular formula is C18H26N2O5. The smallest absolute Gasteiger partial charge is 0.275 e. The molecule has 1 atom stereocenters. The summed E-state index contributed by atoms with van der Waals surface area (Å²) in [5, 5.41) is 0. The van der Waals surface area contributed by atoms with Crippen LogP contribution in [0.3, 0.4) is 0 Å². The van der Waals surface area contributed by atoms with Gasteiger partial charge in [-0.1, -0.05) is 0 Å². The van der Waals surface area contributed by atoms with E-state index in [0.717, 1.165) is 51.9 Å². The summed E-state index contributed by atoms with van der Waals surface area (Å²) in [5.74, 6) is 0.557. The Morgan fingerprint density at radius 1 is 1.32 bits per heavy atom. The van der Waals surface area contributed by atoms with Crippen molar-refractivity contribution in [1.29, 1.82) is 0 Å². The minimum atomic E-state index is -0.124. The van der Waals surface area contributed by atoms with Crippen molar-refractivity contribution < 1.29 is 23.4 Å². The number of amides is 1. The van der Waals surface area contributed by atoms with E-state index >= 15 is 0 Å². The van der Waals surface area contributed by atoms with Gasteiger partial charge in [0.1, 0.15) is 6.26 Å². The lowest BCUT2D eigenvalue weighted by Crippen LogP contribution is -2.46. The van der Waals surface area contributed by atoms with Crippen molar-refractivity contribution in [2.24, 2.45) is 5.92 Å². The summed E-state index contributed by atoms with van der Waals surface area (Å²) in [5.41, 5.74) is 0.252. The van der Waals surface area contributed by atoms with E-state index in [4.69, 9.17) is 18.6 Å². The number of aromatic nitrogens is 1. The molecule has 0 N–H and O–H groups in total. The van der Waals surface area contributed by atoms with Crippen LogP contribution in [0, 0.1) is 5.92 Å². The number of piperidine rings is 1. The van der Waals surface area contributed by atoms with Crippen molar-refractivity contribution in [3.05, 3.63) is 18.4 Å². The molecule has 3 aliphatic heterocycles. The molecule has 4 heterocycles. The molecule has 1 aromatic heterocycles. The second-order valence-corrected chi connectivity index (χ2v) is 7.38. The number of hydrogen-bond acceptors (Lipinski definition) is 6. The molecule has 3 aliphatic rings. The van der Waals surface area contributed by atoms with E-state index in [1.54, 1.807) is 0 Å². The highest BCUT2D eigenvalue weighted by molar-refractivity contribution is 5.91. The molecule has 7 heteroatoms. The fourth-order valence-corrected chi connectivity index (χ4v) is 4.04. The molecule has 1 spiro atoms. The fraction of sp³-hybridized carbons (Fsp3) is 0.778. The van der Waals surface area contributed by atoms with E-state index in [1.165, 1.54) is 12.7 Å². The quantitative estimate of drug-likeness (QED) is 0.825. The van der Waals surface area contributed by atoms with Gasteiger partial charge in [-0.2, -0.15) is 0 Å². The average Bonchev–Trinajstić information content (AvgIpc) is 3.32. The predicted octanol–water partition coefficient (Wildman–Crippen LogP) is 1.88. The third kappa shape index (κ3) is 3.88. The highest BCUT2D eigenvalue weighted by Crippen LogP contribution is 2.37. The molecule has 4 rings (SSSR count). The Hall–Kier alpha value is -1.44. The van der Waals surface area contributed by atoms with Gasteiger partial charge in [-0.05, 0) is 31.6 Å². The first-order valence-corrected chi connectivity index (χ1v) is 9.25. The van der Waals surface area contributed by atoms with Gasteiger partial charge in [-0.15, -0.1) is 0 Å². The Morgan fingerprint density at radius 3 is 2.84 bits per heavy atom. The molecule has 1 amide bonds. The monoisotopic (exact) mass is 350 g/mol. The minimum Gasteiger partial charge on any atom is -0.451 e. The molecule has 0 unspecified atom stereocenters. The van der Waals surface area contributed by atoms with Crippen molar-refractivity contribution in [3.63, 3.8) is 0 Å². The van der Waals surface area contributed by atoms with Gasteiger partial charge in [0.2, 0.25) is 0 Å². The van der Waals surface area contributed by atoms with Gasteiger partial charge >= 0.3 is 0 Å². The lowest BCUT2D eigenvalue weighted by Gasteiger charge is -2.38. The van der Waals surface area contributed by atoms with E-state index in [-0.39, 0.29) is 17.6 Å². The summed E-state index contributed by atoms with van der Waals surface area (Å²) in [6, 6.07) is 0. The normalized spacial score (nSPS) is 27.0. The SMILES string of the molecule is O=C(c1cocn1)N1CCC2(CC1)C[C@H](OCC1CCOCC1)CO2. The first-order chi connectivity index (χ1) is 12.2. The standard InChI is InChI=1S/C18H26N2O5/c21-17(16-12-23-13-19-16)20-5-3-18(4-6-20)9-15(11-25-18)24-10-14-1-7-22-8-2-14/h12-15H,1-11H2/t15-/m0/s1. The molecule has 7 nitrogen and oxygen atoms in total. The van der Waals surface area contributed by atoms with Gasteiger partial charge in [-0.25, -0.2) is 4.98 Å². The molecule has 138 valence electrons. The van der Waals surface area contributed by atoms with Crippen LogP contribution in [0.2, 0.25) is 0 Å². The van der Waals surface area contributed by atoms with Crippen molar-refractivity contribution in [2.75, 3.05) is 39.5 Å². The first kappa shape index (κ1) is 17.0. The minimum absolute atomic E-state index is 0.0612. The number of carbonyl (C=O) groups excluding carboxylic acids is 1. The van der Waals surface area contributed by atoms with Gasteiger partial charge in [-0.3, -0.25) is 4.79 Å². The van der Waals surface area contributed by atoms with Crippen LogP contribution in [0.4, 0.5) is 0 Å². The highest BCUT2D eigenvalue weighted by atomic mass is 16.6. The highest BCUT2D eigenvalue weighted by Gasteiger charge is 2.44. The number of likely N-dealkylation sites (tertiary alicyclic amines) is 1. The zero-order valence-corrected chi connectivity index (χ0v) is 14.5. The molecule has 0 aromatic carbocycles. The lowest BCUT2D eigenvalue weighted by atomic mass is 9.88. The molecule has 3 fully saturated rings. The summed E-state index contributed by atoms with van der Waals surface area (Å²) >= 11 is 0. The second-order valence-electron chi connectivity index (χ2n) is 7.38. The Labute approximate surface area is 147 Å². The number of carbonyl (C=O) groups is 1. The summed E-state index contributed by atoms with van der Waals surface area (Å²) in [6.07, 6.45) is 7.71. The molecule has 1 aromatic rings. The third-order valence-corrected chi connectivity index (χ3v) is 5.70. The topological polar surface area (TPSA) is 74.0 Å². The number of oxazole rings is 1. The Kier molecular flexibility index (Phi) is 5.05. The van der Waals surface area contributed by atoms with Crippen molar-refractivity contribution in [3.8, 4) is 0 Å². The maximum absolute atomic E-state index is 12.3. The molecule has 0 aliphatic carbocycles. The van der Waals surface area contributed by atoms with Gasteiger partial charge in [0.25, 0.3) is 5.91 Å². The zero-order valence-electron chi connectivity index (χ0n) is 14.5. The summed E-state index contributed by atoms with van der Waals surface area (Å²) < 4.78 is 22.5. The summed E-state index contributed by atoms with van der Waals surface area (Å²) in [6.45, 7) is 4.57. The Bertz CT molecular complexity index is 562. The maximum Gasteiger partial charge on any atom is 0.275 e. The number of rotatable bonds is 4. The number of hydrogen-bond donors (Lipinski definition) is 0. The van der Waals surface area contributed by atoms with Crippen LogP contribution in [0.1, 0.15) is 42.6 Å². The second kappa shape index (κ2) is 7.43. The molecule has 0 radical (unpaired) electrons. The van der Waals surface area contributed by atoms with Gasteiger partial charge < -0.3 is 23.5 Å². The Morgan fingerprint density at radius 2 is 2.12 bits per heavy atom. The van der Waals surface area contributed by atoms with Crippen LogP contribution in [0.15, 0.2) is 17.1 Å². The first-order valence-electron chi connectivity index (χ1n) is 9.25. The number of ether oxygens (including phenoxy) is 3. The molecule has 0 saturated carbocycles. The number of nitrogens with zero attached hydrogens (tertiary/aromatic N) is 2. The van der Waals surface area contributed by atoms with E-state index in [1.807, 2.05) is 4.90 Å². The zero-order chi connectivity index (χ0) is 17.1. The van der Waals surface area contributed by atoms with Crippen LogP contribution >= 0.6 is 0 Å². The molecule has 25 heavy (non-hydrogen) atoms. The van der Waals surface area contributed by atoms with Crippen molar-refractivity contribution >= 4 is 5.91 Å². The largest absolute Gasteiger partial charge is 0.451 e. The van der Waals surface area contributed by atoms with E-state index in [0.29, 0.717) is 31.3 Å². The predicted molar refractivity (Wildman–Crippen MR) is 88.2 cm³/mol. The van der Waals surface area contributed by atoms with Crippen LogP contribution in [-0.2, 0) is 14.2 Å². The summed E-state index contributed by atoms with van der Waals surface area (Å²) in [7, 11) is 0. The van der Waals surface area contributed by atoms with Crippen molar-refractivity contribution in [1.82, 2.24) is 9.88 Å². The van der Waals surface area contributed by atoms with Gasteiger partial charge in [0, 0.05) is 32.7 Å². The van der Waals surface area contributed by atoms with E-state index < -0.39 is 0 Å². The Balaban J connectivity index is 1.24. The fourth-order valence-electron chi connectivity index (χ4n) is 4.04. The van der Waals surface area contributed by atoms with Crippen LogP contribution in [0.25, 0.3) is 0 Å². The maximum atomic E-state index is 12.3. The third-order valence-electron chi connectivity index (χ3n) is 5.70. The molecular weight excluding hydrogens is 324 g/mol. The van der Waals surface area contributed by atoms with Gasteiger partial charge in [0.05, 0.1) is 24.9 Å². The molecule has 3 saturated heterocycles. The van der Waals surface area contributed by atoms with Crippen LogP contribution < -0.4 is 0 Å². The molecule has 0 bridgehead atoms. The lowest BCUT2D eigenvalue weighted by molar-refractivity contribution is -0.0428. The summed E-state index contributed by atoms with van der Waals surface area (Å²) in [4.78, 5) is 18.1. The van der Waals surface area contributed by atoms with E-state index in [2.05, 4.69) is 4.98 Å². The van der Waals surface area contributed by atoms with Crippen LogP contribution in [0.5, 0.6) is 0 Å². The average molecular weight is 350 g/mol. The van der Waals surface area contributed by atoms with Crippen molar-refractivity contribution in [2.45, 2.75) is 43.8 Å². The van der Waals surface area contributed by atoms with E-state index in [9.17, 15) is 4.79 Å².